The number of carboxylic acid groups (broad SMARTS) is 2. The molecule has 6 atom stereocenters. The maximum absolute atomic E-state index is 13.3. The van der Waals surface area contributed by atoms with Crippen LogP contribution in [0.4, 0.5) is 0 Å². The highest BCUT2D eigenvalue weighted by Crippen LogP contribution is 2.43. The summed E-state index contributed by atoms with van der Waals surface area (Å²) >= 11 is 0. The number of aliphatic carboxylic acids is 2. The molecule has 4 aromatic carbocycles. The van der Waals surface area contributed by atoms with E-state index in [1.54, 1.807) is 24.3 Å². The van der Waals surface area contributed by atoms with E-state index in [1.165, 1.54) is 0 Å². The molecule has 0 aliphatic heterocycles. The van der Waals surface area contributed by atoms with Crippen molar-refractivity contribution in [1.29, 1.82) is 0 Å². The molecular formula is C62H70O16. The molecule has 0 aromatic heterocycles. The maximum atomic E-state index is 13.3. The number of carbonyl (C=O) groups is 6. The van der Waals surface area contributed by atoms with Crippen molar-refractivity contribution in [2.24, 2.45) is 23.7 Å². The summed E-state index contributed by atoms with van der Waals surface area (Å²) in [6, 6.07) is 11.7. The Morgan fingerprint density at radius 2 is 0.769 bits per heavy atom. The Morgan fingerprint density at radius 1 is 0.462 bits per heavy atom. The van der Waals surface area contributed by atoms with Crippen LogP contribution in [0.3, 0.4) is 0 Å². The molecule has 2 N–H and O–H groups in total. The Balaban J connectivity index is 1.15. The second-order valence-corrected chi connectivity index (χ2v) is 20.0. The minimum absolute atomic E-state index is 0.172. The number of hydrogen-bond donors (Lipinski definition) is 2. The molecule has 0 radical (unpaired) electrons. The first-order chi connectivity index (χ1) is 37.0. The number of esters is 4. The standard InChI is InChI=1S/C62H70O16/c1-13-53(63)71-29-45(77-61(69)49-21-17-15-19-47(49)59(65)66)31-73-55-33(3)23-43(24-34(55)4)75-57-37(7)27-51(39(9)41(57)11)52-28-38(8)58(42(12)40(52)10)76-44-25-35(5)56(36(6)26-44)74-32-46(30-72-54(64)14-2)78-62(70)50-22-18-16-20-48(50)60(67)68/h13-18,23-28,45-50H,1-2,19-22,29-32H2,3-12H3,(H,65,66)(H,67,68). The van der Waals surface area contributed by atoms with Crippen LogP contribution in [0.5, 0.6) is 34.5 Å². The van der Waals surface area contributed by atoms with E-state index in [4.69, 9.17) is 37.9 Å². The third-order valence-corrected chi connectivity index (χ3v) is 14.3. The van der Waals surface area contributed by atoms with Crippen LogP contribution < -0.4 is 18.9 Å². The third-order valence-electron chi connectivity index (χ3n) is 14.3. The monoisotopic (exact) mass is 1070 g/mol. The smallest absolute Gasteiger partial charge is 0.330 e. The summed E-state index contributed by atoms with van der Waals surface area (Å²) in [6.45, 7) is 25.5. The average molecular weight is 1070 g/mol. The summed E-state index contributed by atoms with van der Waals surface area (Å²) in [6.07, 6.45) is 7.75. The number of aryl methyl sites for hydroxylation is 6. The molecule has 0 spiro atoms. The number of benzene rings is 4. The van der Waals surface area contributed by atoms with Gasteiger partial charge in [-0.1, -0.05) is 37.5 Å². The molecule has 2 aliphatic carbocycles. The Kier molecular flexibility index (Phi) is 19.9. The van der Waals surface area contributed by atoms with E-state index in [0.29, 0.717) is 34.5 Å². The summed E-state index contributed by atoms with van der Waals surface area (Å²) in [4.78, 5) is 74.2. The fourth-order valence-electron chi connectivity index (χ4n) is 9.87. The number of ether oxygens (including phenoxy) is 8. The minimum atomic E-state index is -1.09. The topological polar surface area (TPSA) is 217 Å². The minimum Gasteiger partial charge on any atom is -0.489 e. The van der Waals surface area contributed by atoms with Crippen molar-refractivity contribution in [3.05, 3.63) is 142 Å². The van der Waals surface area contributed by atoms with Crippen LogP contribution in [0.15, 0.2) is 86.0 Å². The van der Waals surface area contributed by atoms with Gasteiger partial charge >= 0.3 is 35.8 Å². The van der Waals surface area contributed by atoms with Crippen molar-refractivity contribution in [2.75, 3.05) is 26.4 Å². The van der Waals surface area contributed by atoms with E-state index in [-0.39, 0.29) is 52.1 Å². The van der Waals surface area contributed by atoms with Crippen LogP contribution in [0.1, 0.15) is 81.3 Å². The van der Waals surface area contributed by atoms with Crippen molar-refractivity contribution >= 4 is 35.8 Å². The molecule has 0 saturated carbocycles. The molecule has 414 valence electrons. The van der Waals surface area contributed by atoms with Gasteiger partial charge in [-0.3, -0.25) is 19.2 Å². The first kappa shape index (κ1) is 59.1. The lowest BCUT2D eigenvalue weighted by Crippen LogP contribution is -2.37. The number of carbonyl (C=O) groups excluding carboxylic acids is 4. The van der Waals surface area contributed by atoms with Gasteiger partial charge in [0.2, 0.25) is 0 Å². The van der Waals surface area contributed by atoms with Gasteiger partial charge < -0.3 is 48.1 Å². The van der Waals surface area contributed by atoms with Crippen molar-refractivity contribution in [3.8, 4) is 45.6 Å². The normalized spacial score (nSPS) is 17.4. The Morgan fingerprint density at radius 3 is 1.08 bits per heavy atom. The number of allylic oxidation sites excluding steroid dienone is 4. The number of rotatable bonds is 23. The van der Waals surface area contributed by atoms with E-state index in [0.717, 1.165) is 78.9 Å². The fraction of sp³-hybridized carbons (Fsp3) is 0.387. The highest BCUT2D eigenvalue weighted by Gasteiger charge is 2.38. The summed E-state index contributed by atoms with van der Waals surface area (Å²) in [5.74, 6) is -5.06. The van der Waals surface area contributed by atoms with Gasteiger partial charge in [-0.2, -0.15) is 0 Å². The summed E-state index contributed by atoms with van der Waals surface area (Å²) in [5, 5.41) is 19.4. The molecule has 4 aromatic rings. The largest absolute Gasteiger partial charge is 0.489 e. The molecule has 0 saturated heterocycles. The zero-order chi connectivity index (χ0) is 57.1. The van der Waals surface area contributed by atoms with E-state index >= 15 is 0 Å². The molecule has 16 nitrogen and oxygen atoms in total. The zero-order valence-corrected chi connectivity index (χ0v) is 46.1. The maximum Gasteiger partial charge on any atom is 0.330 e. The SMILES string of the molecule is C=CC(=O)OCC(COc1c(C)cc(Oc2c(C)cc(-c3cc(C)c(Oc4cc(C)c(OCC(COC(=O)C=C)OC(=O)C5CC=CCC5C(=O)O)c(C)c4)c(C)c3C)c(C)c2C)cc1C)OC(=O)C1CC=CCC1C(=O)O. The average Bonchev–Trinajstić information content (AvgIpc) is 3.44. The van der Waals surface area contributed by atoms with Gasteiger partial charge in [-0.05, 0) is 198 Å². The molecule has 0 amide bonds. The van der Waals surface area contributed by atoms with Gasteiger partial charge in [-0.25, -0.2) is 9.59 Å². The lowest BCUT2D eigenvalue weighted by atomic mass is 9.83. The lowest BCUT2D eigenvalue weighted by Gasteiger charge is -2.26. The van der Waals surface area contributed by atoms with Crippen molar-refractivity contribution in [3.63, 3.8) is 0 Å². The second-order valence-electron chi connectivity index (χ2n) is 20.0. The van der Waals surface area contributed by atoms with Crippen LogP contribution >= 0.6 is 0 Å². The lowest BCUT2D eigenvalue weighted by molar-refractivity contribution is -0.167. The van der Waals surface area contributed by atoms with Crippen LogP contribution in [0, 0.1) is 92.9 Å². The van der Waals surface area contributed by atoms with E-state index in [1.807, 2.05) is 79.7 Å². The highest BCUT2D eigenvalue weighted by atomic mass is 16.6. The van der Waals surface area contributed by atoms with Crippen molar-refractivity contribution < 1.29 is 76.9 Å². The van der Waals surface area contributed by atoms with Gasteiger partial charge in [0.25, 0.3) is 0 Å². The van der Waals surface area contributed by atoms with Crippen LogP contribution in [0.2, 0.25) is 0 Å². The Bertz CT molecular complexity index is 2800. The molecule has 6 unspecified atom stereocenters. The summed E-state index contributed by atoms with van der Waals surface area (Å²) in [5.41, 5.74) is 10.9. The third kappa shape index (κ3) is 14.3. The fourth-order valence-corrected chi connectivity index (χ4v) is 9.87. The van der Waals surface area contributed by atoms with Gasteiger partial charge in [0.05, 0.1) is 23.7 Å². The molecule has 0 heterocycles. The quantitative estimate of drug-likeness (QED) is 0.0305. The van der Waals surface area contributed by atoms with Gasteiger partial charge in [0, 0.05) is 12.2 Å². The molecular weight excluding hydrogens is 1000 g/mol. The van der Waals surface area contributed by atoms with E-state index in [9.17, 15) is 39.0 Å². The second kappa shape index (κ2) is 26.3. The number of hydrogen-bond acceptors (Lipinski definition) is 14. The molecule has 0 fully saturated rings. The van der Waals surface area contributed by atoms with Gasteiger partial charge in [-0.15, -0.1) is 0 Å². The molecule has 6 rings (SSSR count). The summed E-state index contributed by atoms with van der Waals surface area (Å²) < 4.78 is 47.6. The summed E-state index contributed by atoms with van der Waals surface area (Å²) in [7, 11) is 0. The van der Waals surface area contributed by atoms with Crippen LogP contribution in [-0.4, -0.2) is 84.7 Å². The zero-order valence-electron chi connectivity index (χ0n) is 46.1. The van der Waals surface area contributed by atoms with Crippen molar-refractivity contribution in [2.45, 2.75) is 107 Å². The Labute approximate surface area is 455 Å². The van der Waals surface area contributed by atoms with Gasteiger partial charge in [0.1, 0.15) is 60.9 Å². The highest BCUT2D eigenvalue weighted by molar-refractivity contribution is 5.84. The van der Waals surface area contributed by atoms with Gasteiger partial charge in [0.15, 0.2) is 12.2 Å². The van der Waals surface area contributed by atoms with Crippen LogP contribution in [-0.2, 0) is 47.7 Å². The van der Waals surface area contributed by atoms with Crippen LogP contribution in [0.25, 0.3) is 11.1 Å². The predicted octanol–water partition coefficient (Wildman–Crippen LogP) is 11.4. The van der Waals surface area contributed by atoms with E-state index < -0.39 is 71.7 Å². The molecule has 16 heteroatoms. The van der Waals surface area contributed by atoms with Crippen molar-refractivity contribution in [1.82, 2.24) is 0 Å². The Hall–Kier alpha value is -8.14. The molecule has 0 bridgehead atoms. The molecule has 2 aliphatic rings. The first-order valence-electron chi connectivity index (χ1n) is 25.8. The van der Waals surface area contributed by atoms with E-state index in [2.05, 4.69) is 39.1 Å². The predicted molar refractivity (Wildman–Crippen MR) is 291 cm³/mol. The molecule has 78 heavy (non-hydrogen) atoms. The first-order valence-corrected chi connectivity index (χ1v) is 25.8. The number of carboxylic acids is 2.